The lowest BCUT2D eigenvalue weighted by atomic mass is 10.0. The molecule has 0 bridgehead atoms. The van der Waals surface area contributed by atoms with Crippen LogP contribution < -0.4 is 15.8 Å². The number of amides is 2. The summed E-state index contributed by atoms with van der Waals surface area (Å²) in [6.45, 7) is 3.84. The summed E-state index contributed by atoms with van der Waals surface area (Å²) in [6, 6.07) is 22.8. The Morgan fingerprint density at radius 1 is 0.897 bits per heavy atom. The molecular formula is C24H27N3O2. The topological polar surface area (TPSA) is 61.4 Å². The zero-order valence-corrected chi connectivity index (χ0v) is 17.1. The number of nitrogens with one attached hydrogen (secondary N) is 2. The summed E-state index contributed by atoms with van der Waals surface area (Å²) in [7, 11) is 1.78. The van der Waals surface area contributed by atoms with Gasteiger partial charge < -0.3 is 5.32 Å². The van der Waals surface area contributed by atoms with E-state index < -0.39 is 6.04 Å². The number of nitrogens with zero attached hydrogens (tertiary/aromatic N) is 1. The Morgan fingerprint density at radius 3 is 2.28 bits per heavy atom. The average molecular weight is 389 g/mol. The third-order valence-electron chi connectivity index (χ3n) is 4.92. The largest absolute Gasteiger partial charge is 0.344 e. The van der Waals surface area contributed by atoms with E-state index in [4.69, 9.17) is 0 Å². The molecule has 3 rings (SSSR count). The summed E-state index contributed by atoms with van der Waals surface area (Å²) in [5.74, 6) is -0.453. The Labute approximate surface area is 171 Å². The van der Waals surface area contributed by atoms with Gasteiger partial charge in [-0.3, -0.25) is 20.0 Å². The Balaban J connectivity index is 1.68. The van der Waals surface area contributed by atoms with Gasteiger partial charge in [0.2, 0.25) is 5.91 Å². The molecule has 0 saturated heterocycles. The van der Waals surface area contributed by atoms with E-state index in [9.17, 15) is 9.59 Å². The smallest absolute Gasteiger partial charge is 0.261 e. The highest BCUT2D eigenvalue weighted by molar-refractivity contribution is 5.93. The molecule has 3 aromatic rings. The number of anilines is 1. The number of hydrogen-bond donors (Lipinski definition) is 2. The summed E-state index contributed by atoms with van der Waals surface area (Å²) in [5.41, 5.74) is 4.67. The summed E-state index contributed by atoms with van der Waals surface area (Å²) in [4.78, 5) is 25.5. The van der Waals surface area contributed by atoms with Crippen molar-refractivity contribution in [2.45, 2.75) is 26.3 Å². The molecule has 29 heavy (non-hydrogen) atoms. The Bertz CT molecular complexity index is 980. The quantitative estimate of drug-likeness (QED) is 0.606. The molecule has 150 valence electrons. The standard InChI is InChI=1S/C24H27N3O2/c1-17(2)23(24(29)26-27(3)20-13-5-4-6-14-20)25-22(28)16-19-12-9-11-18-10-7-8-15-21(18)19/h4-15,17,23H,16H2,1-3H3,(H,25,28)(H,26,29)/t23-/m0/s1. The SMILES string of the molecule is CC(C)[C@H](NC(=O)Cc1cccc2ccccc12)C(=O)NN(C)c1ccccc1. The predicted molar refractivity (Wildman–Crippen MR) is 117 cm³/mol. The average Bonchev–Trinajstić information content (AvgIpc) is 2.72. The fourth-order valence-electron chi connectivity index (χ4n) is 3.33. The Hall–Kier alpha value is -3.34. The van der Waals surface area contributed by atoms with E-state index in [1.807, 2.05) is 86.6 Å². The number of hydrogen-bond acceptors (Lipinski definition) is 3. The molecule has 3 aromatic carbocycles. The van der Waals surface area contributed by atoms with E-state index in [0.29, 0.717) is 0 Å². The van der Waals surface area contributed by atoms with Gasteiger partial charge in [0, 0.05) is 7.05 Å². The van der Waals surface area contributed by atoms with Crippen molar-refractivity contribution in [3.05, 3.63) is 78.4 Å². The van der Waals surface area contributed by atoms with Crippen LogP contribution in [0.5, 0.6) is 0 Å². The number of benzene rings is 3. The molecule has 2 amide bonds. The number of para-hydroxylation sites is 1. The molecule has 0 aliphatic rings. The summed E-state index contributed by atoms with van der Waals surface area (Å²) in [6.07, 6.45) is 0.229. The minimum atomic E-state index is -0.622. The van der Waals surface area contributed by atoms with Crippen LogP contribution in [-0.2, 0) is 16.0 Å². The van der Waals surface area contributed by atoms with Gasteiger partial charge in [-0.15, -0.1) is 0 Å². The Kier molecular flexibility index (Phi) is 6.50. The highest BCUT2D eigenvalue weighted by Gasteiger charge is 2.25. The maximum Gasteiger partial charge on any atom is 0.261 e. The maximum atomic E-state index is 12.8. The first kappa shape index (κ1) is 20.4. The molecule has 1 atom stereocenters. The van der Waals surface area contributed by atoms with E-state index in [1.54, 1.807) is 12.1 Å². The van der Waals surface area contributed by atoms with E-state index >= 15 is 0 Å². The normalized spacial score (nSPS) is 11.9. The second kappa shape index (κ2) is 9.24. The lowest BCUT2D eigenvalue weighted by molar-refractivity contribution is -0.129. The minimum Gasteiger partial charge on any atom is -0.344 e. The number of fused-ring (bicyclic) bond motifs is 1. The maximum absolute atomic E-state index is 12.8. The zero-order chi connectivity index (χ0) is 20.8. The van der Waals surface area contributed by atoms with Crippen molar-refractivity contribution in [2.75, 3.05) is 12.1 Å². The van der Waals surface area contributed by atoms with Crippen LogP contribution in [0.25, 0.3) is 10.8 Å². The molecule has 5 nitrogen and oxygen atoms in total. The van der Waals surface area contributed by atoms with Crippen LogP contribution in [0.3, 0.4) is 0 Å². The van der Waals surface area contributed by atoms with Crippen LogP contribution in [0.1, 0.15) is 19.4 Å². The van der Waals surface area contributed by atoms with Crippen LogP contribution >= 0.6 is 0 Å². The third-order valence-corrected chi connectivity index (χ3v) is 4.92. The molecular weight excluding hydrogens is 362 g/mol. The molecule has 0 spiro atoms. The van der Waals surface area contributed by atoms with Crippen molar-refractivity contribution in [1.82, 2.24) is 10.7 Å². The number of carbonyl (C=O) groups excluding carboxylic acids is 2. The Morgan fingerprint density at radius 2 is 1.55 bits per heavy atom. The van der Waals surface area contributed by atoms with Crippen LogP contribution in [0, 0.1) is 5.92 Å². The van der Waals surface area contributed by atoms with Gasteiger partial charge in [-0.1, -0.05) is 74.5 Å². The highest BCUT2D eigenvalue weighted by Crippen LogP contribution is 2.19. The van der Waals surface area contributed by atoms with E-state index in [0.717, 1.165) is 22.0 Å². The molecule has 0 unspecified atom stereocenters. The molecule has 0 saturated carbocycles. The fourth-order valence-corrected chi connectivity index (χ4v) is 3.33. The van der Waals surface area contributed by atoms with Crippen molar-refractivity contribution in [1.29, 1.82) is 0 Å². The first-order valence-electron chi connectivity index (χ1n) is 9.81. The van der Waals surface area contributed by atoms with Gasteiger partial charge in [0.1, 0.15) is 6.04 Å². The van der Waals surface area contributed by atoms with Gasteiger partial charge in [-0.05, 0) is 34.4 Å². The van der Waals surface area contributed by atoms with E-state index in [1.165, 1.54) is 0 Å². The third kappa shape index (κ3) is 5.13. The second-order valence-corrected chi connectivity index (χ2v) is 7.47. The van der Waals surface area contributed by atoms with Crippen LogP contribution in [0.2, 0.25) is 0 Å². The van der Waals surface area contributed by atoms with Gasteiger partial charge in [-0.2, -0.15) is 0 Å². The number of hydrazine groups is 1. The van der Waals surface area contributed by atoms with E-state index in [2.05, 4.69) is 10.7 Å². The minimum absolute atomic E-state index is 0.0457. The van der Waals surface area contributed by atoms with E-state index in [-0.39, 0.29) is 24.2 Å². The monoisotopic (exact) mass is 389 g/mol. The summed E-state index contributed by atoms with van der Waals surface area (Å²) < 4.78 is 0. The molecule has 0 aromatic heterocycles. The molecule has 2 N–H and O–H groups in total. The van der Waals surface area contributed by atoms with Gasteiger partial charge in [0.15, 0.2) is 0 Å². The van der Waals surface area contributed by atoms with Crippen LogP contribution in [-0.4, -0.2) is 24.9 Å². The predicted octanol–water partition coefficient (Wildman–Crippen LogP) is 3.69. The molecule has 0 radical (unpaired) electrons. The van der Waals surface area contributed by atoms with Crippen molar-refractivity contribution in [3.63, 3.8) is 0 Å². The van der Waals surface area contributed by atoms with Crippen molar-refractivity contribution < 1.29 is 9.59 Å². The van der Waals surface area contributed by atoms with Gasteiger partial charge >= 0.3 is 0 Å². The van der Waals surface area contributed by atoms with Gasteiger partial charge in [0.05, 0.1) is 12.1 Å². The summed E-state index contributed by atoms with van der Waals surface area (Å²) >= 11 is 0. The van der Waals surface area contributed by atoms with Gasteiger partial charge in [0.25, 0.3) is 5.91 Å². The molecule has 0 aliphatic carbocycles. The van der Waals surface area contributed by atoms with Crippen LogP contribution in [0.15, 0.2) is 72.8 Å². The van der Waals surface area contributed by atoms with Crippen molar-refractivity contribution in [3.8, 4) is 0 Å². The lowest BCUT2D eigenvalue weighted by Crippen LogP contribution is -2.54. The fraction of sp³-hybridized carbons (Fsp3) is 0.250. The van der Waals surface area contributed by atoms with Crippen LogP contribution in [0.4, 0.5) is 5.69 Å². The molecule has 0 heterocycles. The first-order valence-corrected chi connectivity index (χ1v) is 9.81. The second-order valence-electron chi connectivity index (χ2n) is 7.47. The van der Waals surface area contributed by atoms with Crippen molar-refractivity contribution in [2.24, 2.45) is 5.92 Å². The number of carbonyl (C=O) groups is 2. The molecule has 5 heteroatoms. The summed E-state index contributed by atoms with van der Waals surface area (Å²) in [5, 5.41) is 6.72. The molecule has 0 fully saturated rings. The zero-order valence-electron chi connectivity index (χ0n) is 17.1. The first-order chi connectivity index (χ1) is 14.0. The highest BCUT2D eigenvalue weighted by atomic mass is 16.2. The number of rotatable bonds is 7. The molecule has 0 aliphatic heterocycles. The lowest BCUT2D eigenvalue weighted by Gasteiger charge is -2.26. The van der Waals surface area contributed by atoms with Crippen molar-refractivity contribution >= 4 is 28.3 Å². The van der Waals surface area contributed by atoms with Gasteiger partial charge in [-0.25, -0.2) is 0 Å².